The molecule has 0 aliphatic carbocycles. The van der Waals surface area contributed by atoms with E-state index in [1.807, 2.05) is 25.1 Å². The Morgan fingerprint density at radius 1 is 0.958 bits per heavy atom. The molecule has 0 amide bonds. The van der Waals surface area contributed by atoms with Gasteiger partial charge in [0.25, 0.3) is 0 Å². The maximum Gasteiger partial charge on any atom is 0.220 e. The fourth-order valence-corrected chi connectivity index (χ4v) is 3.04. The molecule has 120 valence electrons. The first kappa shape index (κ1) is 14.8. The first-order valence-corrected chi connectivity index (χ1v) is 8.25. The van der Waals surface area contributed by atoms with Gasteiger partial charge in [-0.2, -0.15) is 4.98 Å². The van der Waals surface area contributed by atoms with E-state index < -0.39 is 0 Å². The summed E-state index contributed by atoms with van der Waals surface area (Å²) in [5.74, 6) is 1.32. The van der Waals surface area contributed by atoms with E-state index in [-0.39, 0.29) is 0 Å². The monoisotopic (exact) mass is 317 g/mol. The third kappa shape index (κ3) is 2.75. The van der Waals surface area contributed by atoms with Gasteiger partial charge >= 0.3 is 0 Å². The molecular weight excluding hydrogens is 298 g/mol. The second-order valence-corrected chi connectivity index (χ2v) is 6.17. The standard InChI is InChI=1S/C20H19N3O/c1-13-6-3-8-15(12-13)18-16-9-5-11-24-20(16)23-19(22-18)17-10-4-7-14(2)21-17/h3-4,6-8,10,12H,5,9,11H2,1-2H3. The molecule has 4 heteroatoms. The number of aryl methyl sites for hydroxylation is 2. The molecule has 24 heavy (non-hydrogen) atoms. The van der Waals surface area contributed by atoms with Crippen molar-refractivity contribution in [2.45, 2.75) is 26.7 Å². The van der Waals surface area contributed by atoms with E-state index in [4.69, 9.17) is 9.72 Å². The number of fused-ring (bicyclic) bond motifs is 1. The van der Waals surface area contributed by atoms with E-state index in [1.54, 1.807) is 0 Å². The van der Waals surface area contributed by atoms with Crippen LogP contribution >= 0.6 is 0 Å². The molecule has 2 aromatic heterocycles. The number of pyridine rings is 1. The molecular formula is C20H19N3O. The van der Waals surface area contributed by atoms with Gasteiger partial charge in [0.1, 0.15) is 5.69 Å². The molecule has 1 aliphatic rings. The summed E-state index contributed by atoms with van der Waals surface area (Å²) in [5.41, 5.74) is 6.11. The average Bonchev–Trinajstić information content (AvgIpc) is 2.61. The molecule has 0 saturated heterocycles. The van der Waals surface area contributed by atoms with E-state index >= 15 is 0 Å². The van der Waals surface area contributed by atoms with Gasteiger partial charge in [0.15, 0.2) is 5.82 Å². The average molecular weight is 317 g/mol. The predicted molar refractivity (Wildman–Crippen MR) is 94.0 cm³/mol. The maximum absolute atomic E-state index is 5.83. The van der Waals surface area contributed by atoms with Crippen LogP contribution in [0, 0.1) is 13.8 Å². The fourth-order valence-electron chi connectivity index (χ4n) is 3.04. The Morgan fingerprint density at radius 3 is 2.67 bits per heavy atom. The number of aromatic nitrogens is 3. The molecule has 3 aromatic rings. The highest BCUT2D eigenvalue weighted by Gasteiger charge is 2.21. The fraction of sp³-hybridized carbons (Fsp3) is 0.250. The molecule has 4 nitrogen and oxygen atoms in total. The molecule has 0 unspecified atom stereocenters. The highest BCUT2D eigenvalue weighted by atomic mass is 16.5. The SMILES string of the molecule is Cc1cccc(-c2nc(-c3cccc(C)n3)nc3c2CCCO3)c1. The number of rotatable bonds is 2. The quantitative estimate of drug-likeness (QED) is 0.712. The summed E-state index contributed by atoms with van der Waals surface area (Å²) in [7, 11) is 0. The molecule has 3 heterocycles. The van der Waals surface area contributed by atoms with Crippen LogP contribution in [0.2, 0.25) is 0 Å². The number of hydrogen-bond acceptors (Lipinski definition) is 4. The van der Waals surface area contributed by atoms with Crippen LogP contribution in [0.1, 0.15) is 23.2 Å². The zero-order valence-electron chi connectivity index (χ0n) is 13.9. The van der Waals surface area contributed by atoms with Crippen molar-refractivity contribution < 1.29 is 4.74 Å². The maximum atomic E-state index is 5.83. The molecule has 1 aliphatic heterocycles. The minimum Gasteiger partial charge on any atom is -0.477 e. The molecule has 0 atom stereocenters. The van der Waals surface area contributed by atoms with Crippen molar-refractivity contribution in [3.63, 3.8) is 0 Å². The zero-order chi connectivity index (χ0) is 16.5. The first-order chi connectivity index (χ1) is 11.7. The normalized spacial score (nSPS) is 13.2. The van der Waals surface area contributed by atoms with Crippen LogP contribution < -0.4 is 4.74 Å². The minimum absolute atomic E-state index is 0.621. The topological polar surface area (TPSA) is 47.9 Å². The Morgan fingerprint density at radius 2 is 1.83 bits per heavy atom. The van der Waals surface area contributed by atoms with Gasteiger partial charge in [0, 0.05) is 16.8 Å². The smallest absolute Gasteiger partial charge is 0.220 e. The number of ether oxygens (including phenoxy) is 1. The highest BCUT2D eigenvalue weighted by Crippen LogP contribution is 2.33. The number of nitrogens with zero attached hydrogens (tertiary/aromatic N) is 3. The molecule has 0 spiro atoms. The van der Waals surface area contributed by atoms with Gasteiger partial charge < -0.3 is 4.74 Å². The number of hydrogen-bond donors (Lipinski definition) is 0. The van der Waals surface area contributed by atoms with Gasteiger partial charge in [-0.1, -0.05) is 29.8 Å². The molecule has 0 bridgehead atoms. The Balaban J connectivity index is 1.93. The van der Waals surface area contributed by atoms with Gasteiger partial charge in [0.2, 0.25) is 5.88 Å². The van der Waals surface area contributed by atoms with Gasteiger partial charge in [-0.15, -0.1) is 0 Å². The summed E-state index contributed by atoms with van der Waals surface area (Å²) in [6, 6.07) is 14.3. The minimum atomic E-state index is 0.621. The lowest BCUT2D eigenvalue weighted by Gasteiger charge is -2.20. The van der Waals surface area contributed by atoms with Crippen molar-refractivity contribution >= 4 is 0 Å². The lowest BCUT2D eigenvalue weighted by molar-refractivity contribution is 0.276. The molecule has 4 rings (SSSR count). The van der Waals surface area contributed by atoms with Gasteiger partial charge in [-0.25, -0.2) is 9.97 Å². The van der Waals surface area contributed by atoms with E-state index in [9.17, 15) is 0 Å². The van der Waals surface area contributed by atoms with Crippen molar-refractivity contribution in [3.05, 3.63) is 59.3 Å². The van der Waals surface area contributed by atoms with E-state index in [0.717, 1.165) is 41.1 Å². The van der Waals surface area contributed by atoms with Crippen LogP contribution in [-0.4, -0.2) is 21.6 Å². The number of benzene rings is 1. The third-order valence-electron chi connectivity index (χ3n) is 4.19. The largest absolute Gasteiger partial charge is 0.477 e. The van der Waals surface area contributed by atoms with Crippen molar-refractivity contribution in [2.75, 3.05) is 6.61 Å². The summed E-state index contributed by atoms with van der Waals surface area (Å²) >= 11 is 0. The first-order valence-electron chi connectivity index (χ1n) is 8.25. The molecule has 0 fully saturated rings. The Hall–Kier alpha value is -2.75. The Labute approximate surface area is 141 Å². The van der Waals surface area contributed by atoms with Crippen molar-refractivity contribution in [2.24, 2.45) is 0 Å². The molecule has 0 radical (unpaired) electrons. The van der Waals surface area contributed by atoms with Crippen molar-refractivity contribution in [3.8, 4) is 28.7 Å². The molecule has 0 saturated carbocycles. The molecule has 0 N–H and O–H groups in total. The second kappa shape index (κ2) is 6.04. The summed E-state index contributed by atoms with van der Waals surface area (Å²) < 4.78 is 5.83. The lowest BCUT2D eigenvalue weighted by atomic mass is 10.0. The van der Waals surface area contributed by atoms with E-state index in [1.165, 1.54) is 5.56 Å². The van der Waals surface area contributed by atoms with Crippen LogP contribution in [-0.2, 0) is 6.42 Å². The van der Waals surface area contributed by atoms with Crippen molar-refractivity contribution in [1.29, 1.82) is 0 Å². The second-order valence-electron chi connectivity index (χ2n) is 6.17. The van der Waals surface area contributed by atoms with Crippen LogP contribution in [0.3, 0.4) is 0 Å². The summed E-state index contributed by atoms with van der Waals surface area (Å²) in [4.78, 5) is 14.1. The zero-order valence-corrected chi connectivity index (χ0v) is 13.9. The lowest BCUT2D eigenvalue weighted by Crippen LogP contribution is -2.13. The Kier molecular flexibility index (Phi) is 3.73. The van der Waals surface area contributed by atoms with Gasteiger partial charge in [0.05, 0.1) is 12.3 Å². The van der Waals surface area contributed by atoms with Gasteiger partial charge in [-0.3, -0.25) is 0 Å². The third-order valence-corrected chi connectivity index (χ3v) is 4.19. The van der Waals surface area contributed by atoms with Crippen molar-refractivity contribution in [1.82, 2.24) is 15.0 Å². The molecule has 1 aromatic carbocycles. The van der Waals surface area contributed by atoms with Gasteiger partial charge in [-0.05, 0) is 44.9 Å². The van der Waals surface area contributed by atoms with Crippen LogP contribution in [0.5, 0.6) is 5.88 Å². The van der Waals surface area contributed by atoms with E-state index in [2.05, 4.69) is 41.2 Å². The summed E-state index contributed by atoms with van der Waals surface area (Å²) in [5, 5.41) is 0. The van der Waals surface area contributed by atoms with Crippen LogP contribution in [0.15, 0.2) is 42.5 Å². The summed E-state index contributed by atoms with van der Waals surface area (Å²) in [6.07, 6.45) is 1.94. The van der Waals surface area contributed by atoms with Crippen LogP contribution in [0.4, 0.5) is 0 Å². The van der Waals surface area contributed by atoms with E-state index in [0.29, 0.717) is 18.3 Å². The Bertz CT molecular complexity index is 905. The highest BCUT2D eigenvalue weighted by molar-refractivity contribution is 5.69. The summed E-state index contributed by atoms with van der Waals surface area (Å²) in [6.45, 7) is 4.77. The predicted octanol–water partition coefficient (Wildman–Crippen LogP) is 4.15. The van der Waals surface area contributed by atoms with Crippen LogP contribution in [0.25, 0.3) is 22.8 Å².